The van der Waals surface area contributed by atoms with E-state index in [-0.39, 0.29) is 11.6 Å². The Labute approximate surface area is 95.0 Å². The summed E-state index contributed by atoms with van der Waals surface area (Å²) in [6, 6.07) is 4.50. The first-order valence-electron chi connectivity index (χ1n) is 4.77. The lowest BCUT2D eigenvalue weighted by Crippen LogP contribution is -2.17. The number of alkyl halides is 3. The number of aryl methyl sites for hydroxylation is 1. The Balaban J connectivity index is 2.58. The summed E-state index contributed by atoms with van der Waals surface area (Å²) >= 11 is 0. The number of hydrogen-bond donors (Lipinski definition) is 1. The molecule has 0 amide bonds. The standard InChI is InChI=1S/C11H9F3N2O/c1-6-4-7-2-3-16-10(15)8(7)5-9(6)17-11(12,13)14/h2-5H,1H3,(H2,15,16). The van der Waals surface area contributed by atoms with Crippen LogP contribution in [0.2, 0.25) is 0 Å². The van der Waals surface area contributed by atoms with E-state index >= 15 is 0 Å². The molecule has 0 saturated carbocycles. The molecule has 2 rings (SSSR count). The number of ether oxygens (including phenoxy) is 1. The van der Waals surface area contributed by atoms with Crippen molar-refractivity contribution in [1.82, 2.24) is 4.98 Å². The van der Waals surface area contributed by atoms with Crippen LogP contribution < -0.4 is 10.5 Å². The van der Waals surface area contributed by atoms with Crippen molar-refractivity contribution >= 4 is 16.6 Å². The third kappa shape index (κ3) is 2.41. The van der Waals surface area contributed by atoms with Crippen molar-refractivity contribution in [3.63, 3.8) is 0 Å². The average Bonchev–Trinajstić information content (AvgIpc) is 2.18. The maximum absolute atomic E-state index is 12.2. The van der Waals surface area contributed by atoms with Gasteiger partial charge in [-0.25, -0.2) is 4.98 Å². The summed E-state index contributed by atoms with van der Waals surface area (Å²) in [5, 5.41) is 1.17. The van der Waals surface area contributed by atoms with Gasteiger partial charge in [-0.15, -0.1) is 13.2 Å². The number of rotatable bonds is 1. The summed E-state index contributed by atoms with van der Waals surface area (Å²) in [7, 11) is 0. The summed E-state index contributed by atoms with van der Waals surface area (Å²) in [6.45, 7) is 1.54. The monoisotopic (exact) mass is 242 g/mol. The van der Waals surface area contributed by atoms with Gasteiger partial charge in [0.2, 0.25) is 0 Å². The molecule has 0 radical (unpaired) electrons. The number of aromatic nitrogens is 1. The van der Waals surface area contributed by atoms with Crippen molar-refractivity contribution in [2.75, 3.05) is 5.73 Å². The van der Waals surface area contributed by atoms with Crippen LogP contribution >= 0.6 is 0 Å². The number of anilines is 1. The Kier molecular flexibility index (Phi) is 2.57. The van der Waals surface area contributed by atoms with Crippen molar-refractivity contribution in [1.29, 1.82) is 0 Å². The van der Waals surface area contributed by atoms with E-state index in [4.69, 9.17) is 5.73 Å². The first-order chi connectivity index (χ1) is 7.87. The molecule has 1 heterocycles. The van der Waals surface area contributed by atoms with Crippen molar-refractivity contribution in [3.8, 4) is 5.75 Å². The summed E-state index contributed by atoms with van der Waals surface area (Å²) in [6.07, 6.45) is -3.21. The Morgan fingerprint density at radius 1 is 1.29 bits per heavy atom. The van der Waals surface area contributed by atoms with Crippen molar-refractivity contribution in [2.45, 2.75) is 13.3 Å². The molecule has 0 aliphatic heterocycles. The molecule has 0 aliphatic rings. The second-order valence-electron chi connectivity index (χ2n) is 3.58. The minimum atomic E-state index is -4.71. The lowest BCUT2D eigenvalue weighted by atomic mass is 10.1. The number of nitrogen functional groups attached to an aromatic ring is 1. The quantitative estimate of drug-likeness (QED) is 0.836. The average molecular weight is 242 g/mol. The lowest BCUT2D eigenvalue weighted by molar-refractivity contribution is -0.274. The van der Waals surface area contributed by atoms with Gasteiger partial charge in [-0.1, -0.05) is 0 Å². The third-order valence-corrected chi connectivity index (χ3v) is 2.32. The maximum atomic E-state index is 12.2. The molecule has 17 heavy (non-hydrogen) atoms. The smallest absolute Gasteiger partial charge is 0.405 e. The summed E-state index contributed by atoms with van der Waals surface area (Å²) in [5.41, 5.74) is 5.98. The van der Waals surface area contributed by atoms with Crippen LogP contribution in [0.15, 0.2) is 24.4 Å². The van der Waals surface area contributed by atoms with Crippen molar-refractivity contribution < 1.29 is 17.9 Å². The highest BCUT2D eigenvalue weighted by atomic mass is 19.4. The van der Waals surface area contributed by atoms with Gasteiger partial charge >= 0.3 is 6.36 Å². The number of hydrogen-bond acceptors (Lipinski definition) is 3. The van der Waals surface area contributed by atoms with E-state index < -0.39 is 6.36 Å². The third-order valence-electron chi connectivity index (χ3n) is 2.32. The fourth-order valence-corrected chi connectivity index (χ4v) is 1.57. The summed E-state index contributed by atoms with van der Waals surface area (Å²) in [5.74, 6) is -0.0841. The van der Waals surface area contributed by atoms with Gasteiger partial charge in [0.1, 0.15) is 11.6 Å². The molecule has 0 aliphatic carbocycles. The van der Waals surface area contributed by atoms with E-state index in [2.05, 4.69) is 9.72 Å². The molecule has 1 aromatic carbocycles. The first-order valence-corrected chi connectivity index (χ1v) is 4.77. The minimum absolute atomic E-state index is 0.175. The van der Waals surface area contributed by atoms with Gasteiger partial charge in [-0.05, 0) is 36.1 Å². The van der Waals surface area contributed by atoms with Crippen LogP contribution in [-0.4, -0.2) is 11.3 Å². The molecular formula is C11H9F3N2O. The predicted octanol–water partition coefficient (Wildman–Crippen LogP) is 3.02. The second kappa shape index (κ2) is 3.80. The van der Waals surface area contributed by atoms with Crippen LogP contribution in [0.3, 0.4) is 0 Å². The van der Waals surface area contributed by atoms with E-state index in [0.717, 1.165) is 5.39 Å². The van der Waals surface area contributed by atoms with Gasteiger partial charge in [0.25, 0.3) is 0 Å². The van der Waals surface area contributed by atoms with Gasteiger partial charge < -0.3 is 10.5 Å². The maximum Gasteiger partial charge on any atom is 0.573 e. The van der Waals surface area contributed by atoms with E-state index in [1.807, 2.05) is 0 Å². The van der Waals surface area contributed by atoms with Crippen molar-refractivity contribution in [3.05, 3.63) is 30.0 Å². The SMILES string of the molecule is Cc1cc2ccnc(N)c2cc1OC(F)(F)F. The molecule has 3 nitrogen and oxygen atoms in total. The summed E-state index contributed by atoms with van der Waals surface area (Å²) in [4.78, 5) is 3.82. The molecule has 6 heteroatoms. The molecular weight excluding hydrogens is 233 g/mol. The number of pyridine rings is 1. The lowest BCUT2D eigenvalue weighted by Gasteiger charge is -2.12. The van der Waals surface area contributed by atoms with E-state index in [1.54, 1.807) is 12.1 Å². The van der Waals surface area contributed by atoms with Gasteiger partial charge in [-0.3, -0.25) is 0 Å². The molecule has 0 atom stereocenters. The Bertz CT molecular complexity index is 566. The fourth-order valence-electron chi connectivity index (χ4n) is 1.57. The fraction of sp³-hybridized carbons (Fsp3) is 0.182. The highest BCUT2D eigenvalue weighted by Gasteiger charge is 2.31. The normalized spacial score (nSPS) is 11.8. The van der Waals surface area contributed by atoms with Crippen LogP contribution in [-0.2, 0) is 0 Å². The Morgan fingerprint density at radius 3 is 2.65 bits per heavy atom. The molecule has 2 aromatic rings. The largest absolute Gasteiger partial charge is 0.573 e. The van der Waals surface area contributed by atoms with Crippen LogP contribution in [0.5, 0.6) is 5.75 Å². The minimum Gasteiger partial charge on any atom is -0.405 e. The van der Waals surface area contributed by atoms with Gasteiger partial charge in [0.15, 0.2) is 0 Å². The molecule has 90 valence electrons. The number of fused-ring (bicyclic) bond motifs is 1. The van der Waals surface area contributed by atoms with E-state index in [0.29, 0.717) is 10.9 Å². The number of nitrogens with zero attached hydrogens (tertiary/aromatic N) is 1. The molecule has 0 fully saturated rings. The molecule has 0 spiro atoms. The summed E-state index contributed by atoms with van der Waals surface area (Å²) < 4.78 is 40.4. The van der Waals surface area contributed by atoms with Crippen molar-refractivity contribution in [2.24, 2.45) is 0 Å². The molecule has 0 saturated heterocycles. The van der Waals surface area contributed by atoms with Gasteiger partial charge in [-0.2, -0.15) is 0 Å². The van der Waals surface area contributed by atoms with E-state index in [1.165, 1.54) is 19.2 Å². The van der Waals surface area contributed by atoms with Gasteiger partial charge in [0.05, 0.1) is 0 Å². The van der Waals surface area contributed by atoms with E-state index in [9.17, 15) is 13.2 Å². The molecule has 0 bridgehead atoms. The zero-order valence-electron chi connectivity index (χ0n) is 8.88. The zero-order chi connectivity index (χ0) is 12.6. The molecule has 0 unspecified atom stereocenters. The van der Waals surface area contributed by atoms with Crippen LogP contribution in [0.1, 0.15) is 5.56 Å². The highest BCUT2D eigenvalue weighted by Crippen LogP contribution is 2.31. The van der Waals surface area contributed by atoms with Gasteiger partial charge in [0, 0.05) is 11.6 Å². The Hall–Kier alpha value is -1.98. The molecule has 1 aromatic heterocycles. The first kappa shape index (κ1) is 11.5. The zero-order valence-corrected chi connectivity index (χ0v) is 8.88. The number of halogens is 3. The molecule has 2 N–H and O–H groups in total. The van der Waals surface area contributed by atoms with Crippen LogP contribution in [0.4, 0.5) is 19.0 Å². The topological polar surface area (TPSA) is 48.1 Å². The number of benzene rings is 1. The Morgan fingerprint density at radius 2 is 2.00 bits per heavy atom. The highest BCUT2D eigenvalue weighted by molar-refractivity contribution is 5.92. The predicted molar refractivity (Wildman–Crippen MR) is 57.6 cm³/mol. The second-order valence-corrected chi connectivity index (χ2v) is 3.58. The van der Waals surface area contributed by atoms with Crippen LogP contribution in [0.25, 0.3) is 10.8 Å². The van der Waals surface area contributed by atoms with Crippen LogP contribution in [0, 0.1) is 6.92 Å². The number of nitrogens with two attached hydrogens (primary N) is 1.